The minimum atomic E-state index is -3.70. The summed E-state index contributed by atoms with van der Waals surface area (Å²) in [6.45, 7) is 8.52. The van der Waals surface area contributed by atoms with E-state index in [0.29, 0.717) is 23.6 Å². The van der Waals surface area contributed by atoms with Crippen molar-refractivity contribution in [2.75, 3.05) is 6.67 Å². The summed E-state index contributed by atoms with van der Waals surface area (Å²) >= 11 is 0. The van der Waals surface area contributed by atoms with Crippen LogP contribution in [-0.4, -0.2) is 45.3 Å². The lowest BCUT2D eigenvalue weighted by Gasteiger charge is -2.02. The normalized spacial score (nSPS) is 11.2. The minimum Gasteiger partial charge on any atom is -0.299 e. The smallest absolute Gasteiger partial charge is 0.280 e. The fourth-order valence-electron chi connectivity index (χ4n) is 2.06. The number of benzene rings is 1. The molecule has 0 amide bonds. The summed E-state index contributed by atoms with van der Waals surface area (Å²) in [6.07, 6.45) is 3.31. The molecule has 0 aliphatic rings. The van der Waals surface area contributed by atoms with Gasteiger partial charge in [-0.2, -0.15) is 4.80 Å². The molecule has 0 saturated heterocycles. The van der Waals surface area contributed by atoms with E-state index in [1.807, 2.05) is 6.92 Å². The number of hydrogen-bond donors (Lipinski definition) is 1. The first-order chi connectivity index (χ1) is 12.5. The van der Waals surface area contributed by atoms with Gasteiger partial charge in [-0.3, -0.25) is 14.8 Å². The van der Waals surface area contributed by atoms with Gasteiger partial charge in [0.25, 0.3) is 6.67 Å². The number of tetrazole rings is 1. The molecule has 2 aromatic heterocycles. The largest absolute Gasteiger partial charge is 0.299 e. The van der Waals surface area contributed by atoms with E-state index >= 15 is 0 Å². The van der Waals surface area contributed by atoms with E-state index in [4.69, 9.17) is 6.57 Å². The van der Waals surface area contributed by atoms with Crippen LogP contribution in [0, 0.1) is 13.5 Å². The highest BCUT2D eigenvalue weighted by atomic mass is 32.2. The quantitative estimate of drug-likeness (QED) is 0.632. The molecule has 26 heavy (non-hydrogen) atoms. The van der Waals surface area contributed by atoms with Gasteiger partial charge in [0.15, 0.2) is 0 Å². The molecule has 0 atom stereocenters. The molecule has 10 nitrogen and oxygen atoms in total. The van der Waals surface area contributed by atoms with Crippen molar-refractivity contribution in [3.05, 3.63) is 59.5 Å². The van der Waals surface area contributed by atoms with Crippen molar-refractivity contribution in [1.29, 1.82) is 0 Å². The van der Waals surface area contributed by atoms with Crippen LogP contribution in [0.25, 0.3) is 16.2 Å². The summed E-state index contributed by atoms with van der Waals surface area (Å²) in [5.41, 5.74) is 2.14. The van der Waals surface area contributed by atoms with Gasteiger partial charge in [-0.15, -0.1) is 14.9 Å². The van der Waals surface area contributed by atoms with Crippen LogP contribution >= 0.6 is 0 Å². The van der Waals surface area contributed by atoms with E-state index in [-0.39, 0.29) is 11.6 Å². The molecule has 11 heteroatoms. The van der Waals surface area contributed by atoms with E-state index < -0.39 is 10.0 Å². The second-order valence-electron chi connectivity index (χ2n) is 5.28. The third kappa shape index (κ3) is 4.05. The van der Waals surface area contributed by atoms with Gasteiger partial charge in [0.1, 0.15) is 6.54 Å². The molecule has 0 unspecified atom stereocenters. The second-order valence-corrected chi connectivity index (χ2v) is 7.05. The Labute approximate surface area is 149 Å². The Kier molecular flexibility index (Phi) is 4.97. The van der Waals surface area contributed by atoms with Crippen LogP contribution in [0.2, 0.25) is 0 Å². The standard InChI is InChI=1S/C15H14N8O2S/c1-11-7-18-13(8-17-11)9-23-21-15(20-22-23)12-3-5-14(6-4-12)26(24,25)19-10-16-2/h3-8,19H,9-10H2,1H3. The zero-order chi connectivity index (χ0) is 18.6. The van der Waals surface area contributed by atoms with Gasteiger partial charge in [-0.05, 0) is 36.4 Å². The number of hydrogen-bond acceptors (Lipinski definition) is 7. The first kappa shape index (κ1) is 17.6. The number of aryl methyl sites for hydroxylation is 1. The molecule has 0 fully saturated rings. The van der Waals surface area contributed by atoms with Crippen LogP contribution < -0.4 is 4.72 Å². The summed E-state index contributed by atoms with van der Waals surface area (Å²) in [4.78, 5) is 12.8. The van der Waals surface area contributed by atoms with Gasteiger partial charge in [0.05, 0.1) is 22.5 Å². The van der Waals surface area contributed by atoms with Gasteiger partial charge in [-0.25, -0.2) is 15.0 Å². The maximum absolute atomic E-state index is 12.0. The summed E-state index contributed by atoms with van der Waals surface area (Å²) < 4.78 is 26.1. The van der Waals surface area contributed by atoms with E-state index in [9.17, 15) is 8.42 Å². The average molecular weight is 370 g/mol. The van der Waals surface area contributed by atoms with E-state index in [1.165, 1.54) is 16.9 Å². The Morgan fingerprint density at radius 2 is 1.96 bits per heavy atom. The number of nitrogens with zero attached hydrogens (tertiary/aromatic N) is 7. The van der Waals surface area contributed by atoms with Crippen molar-refractivity contribution in [3.8, 4) is 11.4 Å². The Morgan fingerprint density at radius 3 is 2.62 bits per heavy atom. The van der Waals surface area contributed by atoms with Crippen molar-refractivity contribution >= 4 is 10.0 Å². The maximum Gasteiger partial charge on any atom is 0.280 e. The maximum atomic E-state index is 12.0. The first-order valence-corrected chi connectivity index (χ1v) is 8.95. The lowest BCUT2D eigenvalue weighted by Crippen LogP contribution is -2.22. The van der Waals surface area contributed by atoms with Crippen molar-refractivity contribution in [1.82, 2.24) is 34.9 Å². The van der Waals surface area contributed by atoms with Crippen LogP contribution in [0.1, 0.15) is 11.4 Å². The van der Waals surface area contributed by atoms with Crippen LogP contribution in [0.3, 0.4) is 0 Å². The van der Waals surface area contributed by atoms with E-state index in [1.54, 1.807) is 24.5 Å². The van der Waals surface area contributed by atoms with Gasteiger partial charge in [0.2, 0.25) is 15.8 Å². The lowest BCUT2D eigenvalue weighted by molar-refractivity contribution is 0.562. The summed E-state index contributed by atoms with van der Waals surface area (Å²) in [7, 11) is -3.70. The molecule has 132 valence electrons. The van der Waals surface area contributed by atoms with Crippen LogP contribution in [0.15, 0.2) is 41.6 Å². The molecule has 0 bridgehead atoms. The molecule has 0 aliphatic heterocycles. The van der Waals surface area contributed by atoms with Gasteiger partial charge in [0, 0.05) is 11.8 Å². The lowest BCUT2D eigenvalue weighted by atomic mass is 10.2. The number of nitrogens with one attached hydrogen (secondary N) is 1. The molecule has 0 saturated carbocycles. The number of rotatable bonds is 6. The van der Waals surface area contributed by atoms with Gasteiger partial charge < -0.3 is 0 Å². The minimum absolute atomic E-state index is 0.0622. The molecule has 1 aromatic carbocycles. The molecule has 0 spiro atoms. The average Bonchev–Trinajstić information content (AvgIpc) is 3.11. The Morgan fingerprint density at radius 1 is 1.19 bits per heavy atom. The number of aromatic nitrogens is 6. The van der Waals surface area contributed by atoms with Crippen molar-refractivity contribution in [2.24, 2.45) is 0 Å². The molecule has 3 aromatic rings. The summed E-state index contributed by atoms with van der Waals surface area (Å²) in [6, 6.07) is 6.01. The summed E-state index contributed by atoms with van der Waals surface area (Å²) in [5, 5.41) is 12.2. The Balaban J connectivity index is 1.75. The molecule has 2 heterocycles. The SMILES string of the molecule is [C-]#[N+]CNS(=O)(=O)c1ccc(-c2nnn(Cc3cnc(C)cn3)n2)cc1. The Hall–Kier alpha value is -3.23. The molecule has 0 radical (unpaired) electrons. The van der Waals surface area contributed by atoms with Crippen molar-refractivity contribution in [3.63, 3.8) is 0 Å². The van der Waals surface area contributed by atoms with Crippen LogP contribution in [0.5, 0.6) is 0 Å². The molecule has 1 N–H and O–H groups in total. The Bertz CT molecular complexity index is 1040. The fourth-order valence-corrected chi connectivity index (χ4v) is 2.95. The van der Waals surface area contributed by atoms with Gasteiger partial charge in [-0.1, -0.05) is 0 Å². The second kappa shape index (κ2) is 7.34. The highest BCUT2D eigenvalue weighted by Gasteiger charge is 2.15. The molecule has 3 rings (SSSR count). The molecular weight excluding hydrogens is 356 g/mol. The fraction of sp³-hybridized carbons (Fsp3) is 0.200. The van der Waals surface area contributed by atoms with Crippen molar-refractivity contribution in [2.45, 2.75) is 18.4 Å². The third-order valence-corrected chi connectivity index (χ3v) is 4.75. The van der Waals surface area contributed by atoms with E-state index in [2.05, 4.69) is 34.9 Å². The van der Waals surface area contributed by atoms with E-state index in [0.717, 1.165) is 5.69 Å². The zero-order valence-electron chi connectivity index (χ0n) is 13.7. The third-order valence-electron chi connectivity index (χ3n) is 3.35. The molecular formula is C15H14N8O2S. The number of sulfonamides is 1. The topological polar surface area (TPSA) is 120 Å². The van der Waals surface area contributed by atoms with Gasteiger partial charge >= 0.3 is 0 Å². The van der Waals surface area contributed by atoms with Crippen molar-refractivity contribution < 1.29 is 8.42 Å². The predicted octanol–water partition coefficient (Wildman–Crippen LogP) is 0.642. The highest BCUT2D eigenvalue weighted by molar-refractivity contribution is 7.89. The highest BCUT2D eigenvalue weighted by Crippen LogP contribution is 2.17. The predicted molar refractivity (Wildman–Crippen MR) is 90.9 cm³/mol. The molecule has 0 aliphatic carbocycles. The monoisotopic (exact) mass is 370 g/mol. The first-order valence-electron chi connectivity index (χ1n) is 7.46. The van der Waals surface area contributed by atoms with Crippen LogP contribution in [0.4, 0.5) is 0 Å². The van der Waals surface area contributed by atoms with Crippen LogP contribution in [-0.2, 0) is 16.6 Å². The summed E-state index contributed by atoms with van der Waals surface area (Å²) in [5.74, 6) is 0.364. The zero-order valence-corrected chi connectivity index (χ0v) is 14.6.